The van der Waals surface area contributed by atoms with E-state index < -0.39 is 16.8 Å². The molecule has 2 atom stereocenters. The first kappa shape index (κ1) is 22.6. The zero-order chi connectivity index (χ0) is 20.9. The molecule has 2 aromatic heterocycles. The van der Waals surface area contributed by atoms with E-state index in [1.165, 1.54) is 11.3 Å². The van der Waals surface area contributed by atoms with Crippen molar-refractivity contribution < 1.29 is 9.53 Å². The van der Waals surface area contributed by atoms with E-state index in [0.717, 1.165) is 40.9 Å². The number of unbranched alkanes of at least 4 members (excludes halogenated alkanes) is 1. The largest absolute Gasteiger partial charge is 0.622 e. The lowest BCUT2D eigenvalue weighted by atomic mass is 10.2. The fourth-order valence-electron chi connectivity index (χ4n) is 3.34. The molecule has 158 valence electrons. The Labute approximate surface area is 188 Å². The smallest absolute Gasteiger partial charge is 0.343 e. The molecule has 2 aromatic rings. The van der Waals surface area contributed by atoms with Crippen LogP contribution in [0, 0.1) is 5.21 Å². The number of allylic oxidation sites excluding steroid dienone is 2. The first-order valence-electron chi connectivity index (χ1n) is 9.78. The highest BCUT2D eigenvalue weighted by molar-refractivity contribution is 9.11. The lowest BCUT2D eigenvalue weighted by Crippen LogP contribution is -2.50. The molecule has 1 fully saturated rings. The number of quaternary nitrogens is 1. The van der Waals surface area contributed by atoms with Crippen molar-refractivity contribution in [3.8, 4) is 0 Å². The molecule has 1 saturated heterocycles. The molecule has 0 aliphatic carbocycles. The first-order valence-corrected chi connectivity index (χ1v) is 12.3. The molecular formula is C20H26BrN3O3S2. The Balaban J connectivity index is 1.74. The molecule has 6 nitrogen and oxygen atoms in total. The summed E-state index contributed by atoms with van der Waals surface area (Å²) in [6, 6.07) is 1.87. The van der Waals surface area contributed by atoms with Crippen LogP contribution in [0.4, 0.5) is 5.13 Å². The average Bonchev–Trinajstić information content (AvgIpc) is 3.40. The van der Waals surface area contributed by atoms with Gasteiger partial charge in [-0.25, -0.2) is 9.69 Å². The van der Waals surface area contributed by atoms with E-state index in [0.29, 0.717) is 17.2 Å². The van der Waals surface area contributed by atoms with E-state index in [1.54, 1.807) is 17.5 Å². The van der Waals surface area contributed by atoms with Crippen molar-refractivity contribution in [1.82, 2.24) is 14.5 Å². The quantitative estimate of drug-likeness (QED) is 0.149. The number of rotatable bonds is 9. The van der Waals surface area contributed by atoms with Gasteiger partial charge in [-0.05, 0) is 59.5 Å². The van der Waals surface area contributed by atoms with E-state index >= 15 is 0 Å². The summed E-state index contributed by atoms with van der Waals surface area (Å²) in [4.78, 5) is 20.2. The van der Waals surface area contributed by atoms with Gasteiger partial charge in [-0.2, -0.15) is 4.98 Å². The van der Waals surface area contributed by atoms with Crippen molar-refractivity contribution in [2.45, 2.75) is 45.8 Å². The molecule has 29 heavy (non-hydrogen) atoms. The predicted octanol–water partition coefficient (Wildman–Crippen LogP) is 5.54. The minimum absolute atomic E-state index is 0.235. The number of aromatic nitrogens is 1. The van der Waals surface area contributed by atoms with Crippen molar-refractivity contribution in [1.29, 1.82) is 0 Å². The standard InChI is InChI=1S/C20H26BrN3O3S2/c1-3-5-6-7-9-23-12-18(24(26,14-23)20-22-11-17(21)29-20)27-19(25)15-10-16(8-4-2)28-13-15/h3,5,10-11,13,18H,4,6-9,12,14H2,1-2H3. The van der Waals surface area contributed by atoms with Crippen LogP contribution in [0.5, 0.6) is 0 Å². The van der Waals surface area contributed by atoms with Crippen LogP contribution in [0.2, 0.25) is 0 Å². The summed E-state index contributed by atoms with van der Waals surface area (Å²) >= 11 is 6.23. The number of hydrogen-bond acceptors (Lipinski definition) is 7. The summed E-state index contributed by atoms with van der Waals surface area (Å²) in [6.45, 7) is 5.54. The fraction of sp³-hybridized carbons (Fsp3) is 0.500. The van der Waals surface area contributed by atoms with Crippen LogP contribution in [-0.2, 0) is 11.2 Å². The zero-order valence-corrected chi connectivity index (χ0v) is 19.9. The van der Waals surface area contributed by atoms with Crippen molar-refractivity contribution in [2.24, 2.45) is 0 Å². The van der Waals surface area contributed by atoms with Crippen LogP contribution in [-0.4, -0.2) is 41.8 Å². The van der Waals surface area contributed by atoms with Gasteiger partial charge in [-0.1, -0.05) is 25.5 Å². The normalized spacial score (nSPS) is 22.6. The zero-order valence-electron chi connectivity index (χ0n) is 16.7. The first-order chi connectivity index (χ1) is 14.0. The third-order valence-electron chi connectivity index (χ3n) is 4.79. The van der Waals surface area contributed by atoms with Crippen LogP contribution >= 0.6 is 38.6 Å². The number of thiazole rings is 1. The Hall–Kier alpha value is -1.10. The number of carbonyl (C=O) groups excluding carboxylic acids is 1. The van der Waals surface area contributed by atoms with Gasteiger partial charge in [-0.3, -0.25) is 4.65 Å². The molecule has 0 N–H and O–H groups in total. The second-order valence-electron chi connectivity index (χ2n) is 7.08. The maximum atomic E-state index is 13.8. The molecule has 0 aromatic carbocycles. The Morgan fingerprint density at radius 2 is 2.38 bits per heavy atom. The van der Waals surface area contributed by atoms with Gasteiger partial charge in [0.15, 0.2) is 0 Å². The molecule has 1 aliphatic rings. The Bertz CT molecular complexity index is 854. The summed E-state index contributed by atoms with van der Waals surface area (Å²) in [7, 11) is 0. The summed E-state index contributed by atoms with van der Waals surface area (Å²) in [6.07, 6.45) is 8.85. The number of hydrogen-bond donors (Lipinski definition) is 0. The second-order valence-corrected chi connectivity index (χ2v) is 10.5. The number of ether oxygens (including phenoxy) is 1. The van der Waals surface area contributed by atoms with Crippen LogP contribution in [0.1, 0.15) is 48.3 Å². The summed E-state index contributed by atoms with van der Waals surface area (Å²) in [5.41, 5.74) is 0.525. The van der Waals surface area contributed by atoms with E-state index in [-0.39, 0.29) is 6.67 Å². The molecule has 0 radical (unpaired) electrons. The Morgan fingerprint density at radius 1 is 1.55 bits per heavy atom. The molecular weight excluding hydrogens is 474 g/mol. The molecule has 3 heterocycles. The number of aryl methyl sites for hydroxylation is 1. The number of esters is 1. The number of hydroxylamine groups is 2. The van der Waals surface area contributed by atoms with Gasteiger partial charge in [-0.15, -0.1) is 11.3 Å². The maximum Gasteiger partial charge on any atom is 0.343 e. The van der Waals surface area contributed by atoms with E-state index in [9.17, 15) is 10.0 Å². The third-order valence-corrected chi connectivity index (χ3v) is 7.37. The lowest BCUT2D eigenvalue weighted by Gasteiger charge is -2.38. The van der Waals surface area contributed by atoms with Gasteiger partial charge >= 0.3 is 5.97 Å². The molecule has 1 aliphatic heterocycles. The van der Waals surface area contributed by atoms with E-state index in [4.69, 9.17) is 4.74 Å². The van der Waals surface area contributed by atoms with Gasteiger partial charge in [0.2, 0.25) is 0 Å². The van der Waals surface area contributed by atoms with E-state index in [2.05, 4.69) is 38.8 Å². The molecule has 9 heteroatoms. The van der Waals surface area contributed by atoms with Crippen LogP contribution < -0.4 is 4.65 Å². The molecule has 0 spiro atoms. The SMILES string of the molecule is CC=CCCCN1CC(OC(=O)c2csc(CCC)c2)[N+]([O-])(c2ncc(Br)s2)C1. The van der Waals surface area contributed by atoms with Crippen molar-refractivity contribution >= 4 is 49.7 Å². The van der Waals surface area contributed by atoms with Gasteiger partial charge < -0.3 is 9.94 Å². The van der Waals surface area contributed by atoms with Crippen molar-refractivity contribution in [2.75, 3.05) is 19.8 Å². The number of nitrogens with zero attached hydrogens (tertiary/aromatic N) is 3. The predicted molar refractivity (Wildman–Crippen MR) is 123 cm³/mol. The fourth-order valence-corrected chi connectivity index (χ4v) is 5.56. The Morgan fingerprint density at radius 3 is 3.07 bits per heavy atom. The average molecular weight is 500 g/mol. The summed E-state index contributed by atoms with van der Waals surface area (Å²) in [5, 5.41) is 16.0. The topological polar surface area (TPSA) is 65.5 Å². The second kappa shape index (κ2) is 10.3. The minimum Gasteiger partial charge on any atom is -0.622 e. The van der Waals surface area contributed by atoms with Crippen LogP contribution in [0.3, 0.4) is 0 Å². The molecule has 0 amide bonds. The molecule has 3 rings (SSSR count). The number of halogens is 1. The van der Waals surface area contributed by atoms with E-state index in [1.807, 2.05) is 24.4 Å². The van der Waals surface area contributed by atoms with Crippen molar-refractivity contribution in [3.05, 3.63) is 49.2 Å². The number of thiophene rings is 1. The third kappa shape index (κ3) is 5.53. The highest BCUT2D eigenvalue weighted by atomic mass is 79.9. The molecule has 0 bridgehead atoms. The van der Waals surface area contributed by atoms with Crippen molar-refractivity contribution in [3.63, 3.8) is 0 Å². The highest BCUT2D eigenvalue weighted by Crippen LogP contribution is 2.37. The lowest BCUT2D eigenvalue weighted by molar-refractivity contribution is 0.00566. The number of carbonyl (C=O) groups is 1. The maximum absolute atomic E-state index is 13.8. The van der Waals surface area contributed by atoms with Crippen LogP contribution in [0.15, 0.2) is 33.6 Å². The summed E-state index contributed by atoms with van der Waals surface area (Å²) in [5.74, 6) is -0.432. The minimum atomic E-state index is -0.822. The Kier molecular flexibility index (Phi) is 8.00. The van der Waals surface area contributed by atoms with Gasteiger partial charge in [0.25, 0.3) is 11.4 Å². The van der Waals surface area contributed by atoms with Gasteiger partial charge in [0, 0.05) is 16.8 Å². The highest BCUT2D eigenvalue weighted by Gasteiger charge is 2.46. The molecule has 2 unspecified atom stereocenters. The van der Waals surface area contributed by atoms with Gasteiger partial charge in [0.1, 0.15) is 6.67 Å². The summed E-state index contributed by atoms with van der Waals surface area (Å²) < 4.78 is 5.79. The van der Waals surface area contributed by atoms with Gasteiger partial charge in [0.05, 0.1) is 22.1 Å². The molecule has 0 saturated carbocycles. The monoisotopic (exact) mass is 499 g/mol. The van der Waals surface area contributed by atoms with Crippen LogP contribution in [0.25, 0.3) is 0 Å².